The van der Waals surface area contributed by atoms with Crippen molar-refractivity contribution < 1.29 is 5.11 Å². The van der Waals surface area contributed by atoms with Gasteiger partial charge in [-0.3, -0.25) is 0 Å². The van der Waals surface area contributed by atoms with E-state index in [0.717, 1.165) is 29.9 Å². The average molecular weight is 242 g/mol. The number of hydrogen-bond acceptors (Lipinski definition) is 2. The van der Waals surface area contributed by atoms with E-state index in [1.807, 2.05) is 6.20 Å². The first kappa shape index (κ1) is 11.5. The van der Waals surface area contributed by atoms with E-state index >= 15 is 0 Å². The van der Waals surface area contributed by atoms with E-state index in [2.05, 4.69) is 41.2 Å². The number of aromatic nitrogens is 2. The van der Waals surface area contributed by atoms with Gasteiger partial charge < -0.3 is 10.1 Å². The molecule has 3 rings (SSSR count). The van der Waals surface area contributed by atoms with Crippen LogP contribution in [0.1, 0.15) is 30.7 Å². The van der Waals surface area contributed by atoms with Crippen molar-refractivity contribution in [3.05, 3.63) is 41.9 Å². The summed E-state index contributed by atoms with van der Waals surface area (Å²) in [6, 6.07) is 8.39. The molecule has 0 unspecified atom stereocenters. The van der Waals surface area contributed by atoms with Gasteiger partial charge in [0, 0.05) is 0 Å². The second-order valence-corrected chi connectivity index (χ2v) is 5.30. The zero-order valence-electron chi connectivity index (χ0n) is 10.6. The van der Waals surface area contributed by atoms with Crippen LogP contribution in [0.2, 0.25) is 0 Å². The van der Waals surface area contributed by atoms with Gasteiger partial charge in [-0.1, -0.05) is 36.2 Å². The van der Waals surface area contributed by atoms with Crippen molar-refractivity contribution in [1.29, 1.82) is 0 Å². The topological polar surface area (TPSA) is 48.9 Å². The number of aryl methyl sites for hydroxylation is 1. The summed E-state index contributed by atoms with van der Waals surface area (Å²) >= 11 is 0. The predicted octanol–water partition coefficient (Wildman–Crippen LogP) is 2.80. The second-order valence-electron chi connectivity index (χ2n) is 5.30. The maximum absolute atomic E-state index is 9.55. The fourth-order valence-corrected chi connectivity index (χ4v) is 2.54. The maximum atomic E-state index is 9.55. The summed E-state index contributed by atoms with van der Waals surface area (Å²) in [5.74, 6) is 0.937. The third-order valence-electron chi connectivity index (χ3n) is 4.05. The Hall–Kier alpha value is -1.61. The first-order valence-corrected chi connectivity index (χ1v) is 6.47. The number of rotatable bonds is 3. The molecule has 0 amide bonds. The molecule has 1 saturated carbocycles. The number of imidazole rings is 1. The largest absolute Gasteiger partial charge is 0.395 e. The van der Waals surface area contributed by atoms with Gasteiger partial charge in [-0.15, -0.1) is 0 Å². The van der Waals surface area contributed by atoms with Crippen molar-refractivity contribution in [1.82, 2.24) is 9.97 Å². The Labute approximate surface area is 107 Å². The minimum Gasteiger partial charge on any atom is -0.395 e. The smallest absolute Gasteiger partial charge is 0.115 e. The molecule has 18 heavy (non-hydrogen) atoms. The molecule has 3 nitrogen and oxygen atoms in total. The van der Waals surface area contributed by atoms with E-state index in [0.29, 0.717) is 0 Å². The average Bonchev–Trinajstić information content (AvgIpc) is 2.79. The van der Waals surface area contributed by atoms with Crippen LogP contribution in [-0.4, -0.2) is 21.7 Å². The van der Waals surface area contributed by atoms with Gasteiger partial charge in [0.25, 0.3) is 0 Å². The first-order valence-electron chi connectivity index (χ1n) is 6.47. The molecule has 1 fully saturated rings. The Morgan fingerprint density at radius 2 is 2.00 bits per heavy atom. The lowest BCUT2D eigenvalue weighted by Crippen LogP contribution is -2.39. The highest BCUT2D eigenvalue weighted by atomic mass is 16.3. The van der Waals surface area contributed by atoms with Crippen molar-refractivity contribution in [2.24, 2.45) is 0 Å². The van der Waals surface area contributed by atoms with Gasteiger partial charge in [-0.25, -0.2) is 4.98 Å². The minimum atomic E-state index is -0.108. The molecule has 2 N–H and O–H groups in total. The summed E-state index contributed by atoms with van der Waals surface area (Å²) in [7, 11) is 0. The van der Waals surface area contributed by atoms with Crippen LogP contribution in [-0.2, 0) is 5.41 Å². The van der Waals surface area contributed by atoms with E-state index < -0.39 is 0 Å². The number of benzene rings is 1. The molecule has 1 aliphatic carbocycles. The summed E-state index contributed by atoms with van der Waals surface area (Å²) in [6.07, 6.45) is 5.12. The molecular weight excluding hydrogens is 224 g/mol. The number of hydrogen-bond donors (Lipinski definition) is 2. The van der Waals surface area contributed by atoms with Crippen molar-refractivity contribution in [2.75, 3.05) is 6.61 Å². The Balaban J connectivity index is 1.91. The monoisotopic (exact) mass is 242 g/mol. The molecule has 94 valence electrons. The van der Waals surface area contributed by atoms with Crippen LogP contribution >= 0.6 is 0 Å². The fraction of sp³-hybridized carbons (Fsp3) is 0.400. The summed E-state index contributed by atoms with van der Waals surface area (Å²) in [5.41, 5.74) is 3.32. The quantitative estimate of drug-likeness (QED) is 0.869. The van der Waals surface area contributed by atoms with Crippen LogP contribution in [0.25, 0.3) is 11.3 Å². The lowest BCUT2D eigenvalue weighted by molar-refractivity contribution is 0.113. The Morgan fingerprint density at radius 1 is 1.28 bits per heavy atom. The third-order valence-corrected chi connectivity index (χ3v) is 4.05. The van der Waals surface area contributed by atoms with Crippen LogP contribution in [0.15, 0.2) is 30.5 Å². The lowest BCUT2D eigenvalue weighted by atomic mass is 9.69. The molecule has 0 bridgehead atoms. The van der Waals surface area contributed by atoms with Gasteiger partial charge >= 0.3 is 0 Å². The molecule has 1 aromatic carbocycles. The molecule has 3 heteroatoms. The van der Waals surface area contributed by atoms with Crippen molar-refractivity contribution in [3.8, 4) is 11.3 Å². The van der Waals surface area contributed by atoms with Gasteiger partial charge in [-0.2, -0.15) is 0 Å². The van der Waals surface area contributed by atoms with Gasteiger partial charge in [0.05, 0.1) is 23.9 Å². The summed E-state index contributed by atoms with van der Waals surface area (Å²) in [4.78, 5) is 7.84. The molecular formula is C15H18N2O. The molecule has 0 spiro atoms. The van der Waals surface area contributed by atoms with Crippen molar-refractivity contribution in [3.63, 3.8) is 0 Å². The molecule has 2 aromatic rings. The molecule has 0 atom stereocenters. The fourth-order valence-electron chi connectivity index (χ4n) is 2.54. The Kier molecular flexibility index (Phi) is 2.71. The second kappa shape index (κ2) is 4.25. The van der Waals surface area contributed by atoms with Crippen LogP contribution in [0.4, 0.5) is 0 Å². The Morgan fingerprint density at radius 3 is 2.56 bits per heavy atom. The number of aliphatic hydroxyl groups excluding tert-OH is 1. The maximum Gasteiger partial charge on any atom is 0.115 e. The SMILES string of the molecule is Cc1ccc(-c2cnc(C3(CO)CCC3)[nH]2)cc1. The predicted molar refractivity (Wildman–Crippen MR) is 71.4 cm³/mol. The highest BCUT2D eigenvalue weighted by Crippen LogP contribution is 2.42. The van der Waals surface area contributed by atoms with Crippen molar-refractivity contribution in [2.45, 2.75) is 31.6 Å². The summed E-state index contributed by atoms with van der Waals surface area (Å²) in [5, 5.41) is 9.55. The van der Waals surface area contributed by atoms with Crippen molar-refractivity contribution >= 4 is 0 Å². The molecule has 1 aliphatic rings. The highest BCUT2D eigenvalue weighted by molar-refractivity contribution is 5.59. The van der Waals surface area contributed by atoms with E-state index in [4.69, 9.17) is 0 Å². The van der Waals surface area contributed by atoms with Gasteiger partial charge in [-0.05, 0) is 25.3 Å². The number of H-pyrrole nitrogens is 1. The van der Waals surface area contributed by atoms with Gasteiger partial charge in [0.1, 0.15) is 5.82 Å². The van der Waals surface area contributed by atoms with E-state index in [1.54, 1.807) is 0 Å². The first-order chi connectivity index (χ1) is 8.73. The van der Waals surface area contributed by atoms with Crippen LogP contribution in [0.5, 0.6) is 0 Å². The summed E-state index contributed by atoms with van der Waals surface area (Å²) < 4.78 is 0. The third kappa shape index (κ3) is 1.75. The number of aromatic amines is 1. The molecule has 0 aliphatic heterocycles. The van der Waals surface area contributed by atoms with Crippen LogP contribution in [0.3, 0.4) is 0 Å². The normalized spacial score (nSPS) is 17.4. The van der Waals surface area contributed by atoms with E-state index in [-0.39, 0.29) is 12.0 Å². The number of aliphatic hydroxyl groups is 1. The standard InChI is InChI=1S/C15H18N2O/c1-11-3-5-12(6-4-11)13-9-16-14(17-13)15(10-18)7-2-8-15/h3-6,9,18H,2,7-8,10H2,1H3,(H,16,17). The number of nitrogens with one attached hydrogen (secondary N) is 1. The molecule has 0 saturated heterocycles. The zero-order valence-corrected chi connectivity index (χ0v) is 10.6. The Bertz CT molecular complexity index is 532. The van der Waals surface area contributed by atoms with Crippen LogP contribution in [0, 0.1) is 6.92 Å². The van der Waals surface area contributed by atoms with E-state index in [1.165, 1.54) is 12.0 Å². The minimum absolute atomic E-state index is 0.108. The molecule has 1 aromatic heterocycles. The number of nitrogens with zero attached hydrogens (tertiary/aromatic N) is 1. The van der Waals surface area contributed by atoms with Gasteiger partial charge in [0.15, 0.2) is 0 Å². The van der Waals surface area contributed by atoms with Gasteiger partial charge in [0.2, 0.25) is 0 Å². The zero-order chi connectivity index (χ0) is 12.6. The highest BCUT2D eigenvalue weighted by Gasteiger charge is 2.40. The molecule has 1 heterocycles. The van der Waals surface area contributed by atoms with Crippen LogP contribution < -0.4 is 0 Å². The summed E-state index contributed by atoms with van der Waals surface area (Å²) in [6.45, 7) is 2.27. The lowest BCUT2D eigenvalue weighted by Gasteiger charge is -2.38. The van der Waals surface area contributed by atoms with E-state index in [9.17, 15) is 5.11 Å². The molecule has 0 radical (unpaired) electrons.